The zero-order chi connectivity index (χ0) is 12.1. The van der Waals surface area contributed by atoms with Crippen LogP contribution in [0, 0.1) is 0 Å². The van der Waals surface area contributed by atoms with Crippen LogP contribution in [0.15, 0.2) is 0 Å². The number of carbonyl (C=O) groups is 2. The van der Waals surface area contributed by atoms with E-state index in [-0.39, 0.29) is 29.8 Å². The van der Waals surface area contributed by atoms with E-state index in [0.29, 0.717) is 0 Å². The summed E-state index contributed by atoms with van der Waals surface area (Å²) in [6.07, 6.45) is 4.07. The minimum Gasteiger partial charge on any atom is -0.350 e. The Morgan fingerprint density at radius 3 is 2.56 bits per heavy atom. The van der Waals surface area contributed by atoms with E-state index in [4.69, 9.17) is 11.6 Å². The third-order valence-electron chi connectivity index (χ3n) is 3.19. The van der Waals surface area contributed by atoms with E-state index in [0.717, 1.165) is 25.7 Å². The second-order valence-electron chi connectivity index (χ2n) is 4.29. The minimum atomic E-state index is -0.157. The molecule has 2 amide bonds. The van der Waals surface area contributed by atoms with Crippen molar-refractivity contribution in [3.8, 4) is 0 Å². The molecule has 0 spiro atoms. The van der Waals surface area contributed by atoms with Crippen molar-refractivity contribution >= 4 is 23.4 Å². The average molecular weight is 247 g/mol. The van der Waals surface area contributed by atoms with Gasteiger partial charge in [-0.2, -0.15) is 0 Å². The normalized spacial score (nSPS) is 24.9. The average Bonchev–Trinajstić information content (AvgIpc) is 2.28. The minimum absolute atomic E-state index is 0.0208. The van der Waals surface area contributed by atoms with Crippen molar-refractivity contribution in [3.05, 3.63) is 0 Å². The number of alkyl halides is 1. The Balaban J connectivity index is 2.63. The van der Waals surface area contributed by atoms with Crippen molar-refractivity contribution in [2.24, 2.45) is 0 Å². The van der Waals surface area contributed by atoms with E-state index >= 15 is 0 Å². The largest absolute Gasteiger partial charge is 0.350 e. The second-order valence-corrected chi connectivity index (χ2v) is 4.56. The monoisotopic (exact) mass is 246 g/mol. The number of hydrogen-bond donors (Lipinski definition) is 1. The van der Waals surface area contributed by atoms with E-state index in [9.17, 15) is 9.59 Å². The van der Waals surface area contributed by atoms with Gasteiger partial charge >= 0.3 is 0 Å². The maximum Gasteiger partial charge on any atom is 0.235 e. The number of nitrogens with zero attached hydrogens (tertiary/aromatic N) is 1. The zero-order valence-corrected chi connectivity index (χ0v) is 10.6. The highest BCUT2D eigenvalue weighted by Gasteiger charge is 2.30. The van der Waals surface area contributed by atoms with Crippen LogP contribution in [0.4, 0.5) is 0 Å². The van der Waals surface area contributed by atoms with Gasteiger partial charge in [-0.25, -0.2) is 0 Å². The molecule has 0 aromatic heterocycles. The van der Waals surface area contributed by atoms with Gasteiger partial charge in [0.2, 0.25) is 11.8 Å². The van der Waals surface area contributed by atoms with E-state index in [2.05, 4.69) is 5.32 Å². The topological polar surface area (TPSA) is 49.4 Å². The molecule has 1 aliphatic carbocycles. The fourth-order valence-corrected chi connectivity index (χ4v) is 2.30. The first-order valence-electron chi connectivity index (χ1n) is 5.65. The molecule has 16 heavy (non-hydrogen) atoms. The Labute approximate surface area is 101 Å². The Bertz CT molecular complexity index is 271. The maximum atomic E-state index is 11.3. The van der Waals surface area contributed by atoms with Gasteiger partial charge in [-0.1, -0.05) is 12.8 Å². The lowest BCUT2D eigenvalue weighted by molar-refractivity contribution is -0.132. The first kappa shape index (κ1) is 13.3. The molecule has 1 saturated carbocycles. The van der Waals surface area contributed by atoms with E-state index in [1.165, 1.54) is 0 Å². The summed E-state index contributed by atoms with van der Waals surface area (Å²) in [5.74, 6) is -0.139. The van der Waals surface area contributed by atoms with Crippen LogP contribution >= 0.6 is 11.6 Å². The van der Waals surface area contributed by atoms with Crippen molar-refractivity contribution in [1.29, 1.82) is 0 Å². The summed E-state index contributed by atoms with van der Waals surface area (Å²) in [6.45, 7) is 1.55. The highest BCUT2D eigenvalue weighted by atomic mass is 35.5. The summed E-state index contributed by atoms with van der Waals surface area (Å²) in [4.78, 5) is 24.3. The third-order valence-corrected chi connectivity index (χ3v) is 3.43. The summed E-state index contributed by atoms with van der Waals surface area (Å²) in [5.41, 5.74) is 0. The SMILES string of the molecule is CC(=O)N(C)[C@H]1CCCC[C@H]1NC(=O)CCl. The van der Waals surface area contributed by atoms with E-state index in [1.54, 1.807) is 18.9 Å². The molecule has 2 atom stereocenters. The number of rotatable bonds is 3. The van der Waals surface area contributed by atoms with Gasteiger partial charge in [-0.05, 0) is 12.8 Å². The van der Waals surface area contributed by atoms with Crippen molar-refractivity contribution in [2.45, 2.75) is 44.7 Å². The first-order valence-corrected chi connectivity index (χ1v) is 6.18. The van der Waals surface area contributed by atoms with Gasteiger partial charge in [0.15, 0.2) is 0 Å². The summed E-state index contributed by atoms with van der Waals surface area (Å²) < 4.78 is 0. The Morgan fingerprint density at radius 1 is 1.38 bits per heavy atom. The second kappa shape index (κ2) is 6.09. The lowest BCUT2D eigenvalue weighted by Crippen LogP contribution is -2.53. The summed E-state index contributed by atoms with van der Waals surface area (Å²) in [7, 11) is 1.79. The molecule has 1 rings (SSSR count). The van der Waals surface area contributed by atoms with Crippen molar-refractivity contribution in [3.63, 3.8) is 0 Å². The molecule has 0 radical (unpaired) electrons. The molecule has 0 aliphatic heterocycles. The fourth-order valence-electron chi connectivity index (χ4n) is 2.22. The van der Waals surface area contributed by atoms with Crippen LogP contribution in [0.5, 0.6) is 0 Å². The third kappa shape index (κ3) is 3.37. The van der Waals surface area contributed by atoms with Crippen LogP contribution in [-0.2, 0) is 9.59 Å². The van der Waals surface area contributed by atoms with Crippen LogP contribution in [0.3, 0.4) is 0 Å². The molecule has 1 N–H and O–H groups in total. The lowest BCUT2D eigenvalue weighted by Gasteiger charge is -2.37. The molecule has 0 saturated heterocycles. The van der Waals surface area contributed by atoms with Gasteiger partial charge in [-0.15, -0.1) is 11.6 Å². The van der Waals surface area contributed by atoms with Crippen LogP contribution in [-0.4, -0.2) is 41.7 Å². The van der Waals surface area contributed by atoms with Crippen LogP contribution in [0.25, 0.3) is 0 Å². The summed E-state index contributed by atoms with van der Waals surface area (Å²) in [6, 6.07) is 0.160. The van der Waals surface area contributed by atoms with Gasteiger partial charge in [0, 0.05) is 20.0 Å². The van der Waals surface area contributed by atoms with Crippen LogP contribution in [0.1, 0.15) is 32.6 Å². The molecular weight excluding hydrogens is 228 g/mol. The quantitative estimate of drug-likeness (QED) is 0.759. The fraction of sp³-hybridized carbons (Fsp3) is 0.818. The number of nitrogens with one attached hydrogen (secondary N) is 1. The van der Waals surface area contributed by atoms with Gasteiger partial charge in [0.05, 0.1) is 6.04 Å². The van der Waals surface area contributed by atoms with Gasteiger partial charge in [0.25, 0.3) is 0 Å². The Morgan fingerprint density at radius 2 is 2.00 bits per heavy atom. The molecule has 0 bridgehead atoms. The molecule has 0 aromatic rings. The molecular formula is C11H19ClN2O2. The highest BCUT2D eigenvalue weighted by Crippen LogP contribution is 2.22. The molecule has 1 fully saturated rings. The van der Waals surface area contributed by atoms with Crippen molar-refractivity contribution in [1.82, 2.24) is 10.2 Å². The summed E-state index contributed by atoms with van der Waals surface area (Å²) >= 11 is 5.47. The van der Waals surface area contributed by atoms with Gasteiger partial charge in [-0.3, -0.25) is 9.59 Å². The van der Waals surface area contributed by atoms with Crippen LogP contribution < -0.4 is 5.32 Å². The predicted molar refractivity (Wildman–Crippen MR) is 63.4 cm³/mol. The molecule has 0 unspecified atom stereocenters. The smallest absolute Gasteiger partial charge is 0.235 e. The first-order chi connectivity index (χ1) is 7.56. The number of hydrogen-bond acceptors (Lipinski definition) is 2. The molecule has 1 aliphatic rings. The summed E-state index contributed by atoms with van der Waals surface area (Å²) in [5, 5.41) is 2.89. The van der Waals surface area contributed by atoms with Crippen molar-refractivity contribution in [2.75, 3.05) is 12.9 Å². The van der Waals surface area contributed by atoms with Gasteiger partial charge in [0.1, 0.15) is 5.88 Å². The zero-order valence-electron chi connectivity index (χ0n) is 9.83. The standard InChI is InChI=1S/C11H19ClN2O2/c1-8(15)14(2)10-6-4-3-5-9(10)13-11(16)7-12/h9-10H,3-7H2,1-2H3,(H,13,16)/t9-,10+/m1/s1. The van der Waals surface area contributed by atoms with Crippen molar-refractivity contribution < 1.29 is 9.59 Å². The molecule has 0 heterocycles. The maximum absolute atomic E-state index is 11.3. The lowest BCUT2D eigenvalue weighted by atomic mass is 9.89. The molecule has 4 nitrogen and oxygen atoms in total. The van der Waals surface area contributed by atoms with Crippen LogP contribution in [0.2, 0.25) is 0 Å². The van der Waals surface area contributed by atoms with E-state index < -0.39 is 0 Å². The molecule has 92 valence electrons. The highest BCUT2D eigenvalue weighted by molar-refractivity contribution is 6.27. The van der Waals surface area contributed by atoms with Gasteiger partial charge < -0.3 is 10.2 Å². The molecule has 0 aromatic carbocycles. The number of halogens is 1. The Kier molecular flexibility index (Phi) is 5.06. The number of amides is 2. The molecule has 5 heteroatoms. The number of carbonyl (C=O) groups excluding carboxylic acids is 2. The predicted octanol–water partition coefficient (Wildman–Crippen LogP) is 1.13. The Hall–Kier alpha value is -0.770. The number of likely N-dealkylation sites (N-methyl/N-ethyl adjacent to an activating group) is 1. The van der Waals surface area contributed by atoms with E-state index in [1.807, 2.05) is 0 Å².